The average Bonchev–Trinajstić information content (AvgIpc) is 2.88. The van der Waals surface area contributed by atoms with Gasteiger partial charge < -0.3 is 5.32 Å². The molecule has 1 aromatic heterocycles. The topological polar surface area (TPSA) is 12.0 Å². The summed E-state index contributed by atoms with van der Waals surface area (Å²) in [6.07, 6.45) is 0. The number of benzene rings is 1. The number of rotatable bonds is 4. The lowest BCUT2D eigenvalue weighted by molar-refractivity contribution is 0.547. The Hall–Kier alpha value is -1.28. The summed E-state index contributed by atoms with van der Waals surface area (Å²) in [6, 6.07) is 13.4. The average molecular weight is 287 g/mol. The SMILES string of the molecule is CC(C)C(Nc1ccccc1C(C)(C)C)c1cccs1. The summed E-state index contributed by atoms with van der Waals surface area (Å²) in [5.74, 6) is 0.557. The molecule has 1 atom stereocenters. The predicted octanol–water partition coefficient (Wildman–Crippen LogP) is 5.85. The molecule has 2 rings (SSSR count). The second-order valence-corrected chi connectivity index (χ2v) is 7.66. The number of anilines is 1. The first-order chi connectivity index (χ1) is 9.39. The van der Waals surface area contributed by atoms with Crippen molar-refractivity contribution in [3.05, 3.63) is 52.2 Å². The minimum Gasteiger partial charge on any atom is -0.377 e. The monoisotopic (exact) mass is 287 g/mol. The maximum atomic E-state index is 3.77. The highest BCUT2D eigenvalue weighted by atomic mass is 32.1. The zero-order valence-corrected chi connectivity index (χ0v) is 13.9. The molecule has 0 spiro atoms. The van der Waals surface area contributed by atoms with Crippen LogP contribution in [-0.4, -0.2) is 0 Å². The van der Waals surface area contributed by atoms with E-state index >= 15 is 0 Å². The van der Waals surface area contributed by atoms with Crippen molar-refractivity contribution < 1.29 is 0 Å². The molecule has 0 radical (unpaired) electrons. The first-order valence-electron chi connectivity index (χ1n) is 7.29. The highest BCUT2D eigenvalue weighted by Crippen LogP contribution is 2.34. The lowest BCUT2D eigenvalue weighted by Gasteiger charge is -2.28. The van der Waals surface area contributed by atoms with Gasteiger partial charge in [-0.15, -0.1) is 11.3 Å². The van der Waals surface area contributed by atoms with Crippen LogP contribution in [0.2, 0.25) is 0 Å². The molecule has 108 valence electrons. The molecule has 1 nitrogen and oxygen atoms in total. The number of para-hydroxylation sites is 1. The maximum absolute atomic E-state index is 3.77. The summed E-state index contributed by atoms with van der Waals surface area (Å²) in [7, 11) is 0. The van der Waals surface area contributed by atoms with Crippen LogP contribution >= 0.6 is 11.3 Å². The van der Waals surface area contributed by atoms with Gasteiger partial charge in [-0.05, 0) is 34.4 Å². The van der Waals surface area contributed by atoms with Gasteiger partial charge in [0.15, 0.2) is 0 Å². The summed E-state index contributed by atoms with van der Waals surface area (Å²) in [4.78, 5) is 1.41. The Morgan fingerprint density at radius 3 is 2.25 bits per heavy atom. The van der Waals surface area contributed by atoms with Crippen LogP contribution < -0.4 is 5.32 Å². The zero-order chi connectivity index (χ0) is 14.8. The molecule has 1 N–H and O–H groups in total. The van der Waals surface area contributed by atoms with Crippen molar-refractivity contribution in [1.82, 2.24) is 0 Å². The van der Waals surface area contributed by atoms with Crippen molar-refractivity contribution in [3.8, 4) is 0 Å². The third-order valence-electron chi connectivity index (χ3n) is 3.56. The number of thiophene rings is 1. The molecule has 0 aliphatic rings. The summed E-state index contributed by atoms with van der Waals surface area (Å²) >= 11 is 1.83. The Morgan fingerprint density at radius 1 is 1.00 bits per heavy atom. The van der Waals surface area contributed by atoms with Crippen molar-refractivity contribution in [2.75, 3.05) is 5.32 Å². The van der Waals surface area contributed by atoms with Gasteiger partial charge in [0.1, 0.15) is 0 Å². The highest BCUT2D eigenvalue weighted by molar-refractivity contribution is 7.10. The maximum Gasteiger partial charge on any atom is 0.0629 e. The van der Waals surface area contributed by atoms with Gasteiger partial charge in [-0.2, -0.15) is 0 Å². The van der Waals surface area contributed by atoms with Gasteiger partial charge in [-0.3, -0.25) is 0 Å². The molecule has 2 aromatic rings. The van der Waals surface area contributed by atoms with Crippen LogP contribution in [0, 0.1) is 5.92 Å². The molecule has 0 amide bonds. The standard InChI is InChI=1S/C18H25NS/c1-13(2)17(16-11-8-12-20-16)19-15-10-7-6-9-14(15)18(3,4)5/h6-13,17,19H,1-5H3. The first-order valence-corrected chi connectivity index (χ1v) is 8.17. The minimum absolute atomic E-state index is 0.153. The summed E-state index contributed by atoms with van der Waals surface area (Å²) in [5, 5.41) is 5.92. The van der Waals surface area contributed by atoms with Crippen molar-refractivity contribution in [1.29, 1.82) is 0 Å². The fourth-order valence-corrected chi connectivity index (χ4v) is 3.41. The Kier molecular flexibility index (Phi) is 4.54. The molecule has 0 fully saturated rings. The van der Waals surface area contributed by atoms with Gasteiger partial charge in [0, 0.05) is 10.6 Å². The van der Waals surface area contributed by atoms with Gasteiger partial charge in [-0.1, -0.05) is 58.9 Å². The van der Waals surface area contributed by atoms with Crippen LogP contribution in [0.1, 0.15) is 51.1 Å². The molecule has 1 aromatic carbocycles. The second kappa shape index (κ2) is 6.01. The third-order valence-corrected chi connectivity index (χ3v) is 4.52. The normalized spacial score (nSPS) is 13.5. The smallest absolute Gasteiger partial charge is 0.0629 e. The molecule has 20 heavy (non-hydrogen) atoms. The van der Waals surface area contributed by atoms with E-state index in [-0.39, 0.29) is 5.41 Å². The molecule has 0 aliphatic heterocycles. The zero-order valence-electron chi connectivity index (χ0n) is 13.1. The molecule has 0 saturated heterocycles. The molecule has 0 aliphatic carbocycles. The van der Waals surface area contributed by atoms with Crippen LogP contribution in [0.4, 0.5) is 5.69 Å². The molecular weight excluding hydrogens is 262 g/mol. The number of hydrogen-bond acceptors (Lipinski definition) is 2. The molecule has 0 bridgehead atoms. The molecule has 1 unspecified atom stereocenters. The minimum atomic E-state index is 0.153. The Balaban J connectivity index is 2.33. The van der Waals surface area contributed by atoms with Crippen LogP contribution in [0.3, 0.4) is 0 Å². The fraction of sp³-hybridized carbons (Fsp3) is 0.444. The Labute approximate surface area is 127 Å². The van der Waals surface area contributed by atoms with Crippen molar-refractivity contribution in [2.24, 2.45) is 5.92 Å². The van der Waals surface area contributed by atoms with Gasteiger partial charge in [-0.25, -0.2) is 0 Å². The van der Waals surface area contributed by atoms with Crippen LogP contribution in [0.25, 0.3) is 0 Å². The summed E-state index contributed by atoms with van der Waals surface area (Å²) in [5.41, 5.74) is 2.79. The number of hydrogen-bond donors (Lipinski definition) is 1. The highest BCUT2D eigenvalue weighted by Gasteiger charge is 2.21. The van der Waals surface area contributed by atoms with E-state index in [0.717, 1.165) is 0 Å². The van der Waals surface area contributed by atoms with Crippen LogP contribution in [0.15, 0.2) is 41.8 Å². The van der Waals surface area contributed by atoms with E-state index in [1.807, 2.05) is 11.3 Å². The summed E-state index contributed by atoms with van der Waals surface area (Å²) < 4.78 is 0. The third kappa shape index (κ3) is 3.43. The van der Waals surface area contributed by atoms with E-state index in [9.17, 15) is 0 Å². The fourth-order valence-electron chi connectivity index (χ4n) is 2.47. The van der Waals surface area contributed by atoms with E-state index in [1.165, 1.54) is 16.1 Å². The van der Waals surface area contributed by atoms with E-state index < -0.39 is 0 Å². The van der Waals surface area contributed by atoms with Crippen LogP contribution in [0.5, 0.6) is 0 Å². The van der Waals surface area contributed by atoms with E-state index in [1.54, 1.807) is 0 Å². The number of nitrogens with one attached hydrogen (secondary N) is 1. The van der Waals surface area contributed by atoms with Gasteiger partial charge in [0.2, 0.25) is 0 Å². The molecular formula is C18H25NS. The van der Waals surface area contributed by atoms with E-state index in [4.69, 9.17) is 0 Å². The molecule has 0 saturated carbocycles. The largest absolute Gasteiger partial charge is 0.377 e. The van der Waals surface area contributed by atoms with Gasteiger partial charge >= 0.3 is 0 Å². The van der Waals surface area contributed by atoms with E-state index in [2.05, 4.69) is 81.7 Å². The quantitative estimate of drug-likeness (QED) is 0.743. The predicted molar refractivity (Wildman–Crippen MR) is 90.7 cm³/mol. The summed E-state index contributed by atoms with van der Waals surface area (Å²) in [6.45, 7) is 11.4. The van der Waals surface area contributed by atoms with Gasteiger partial charge in [0.25, 0.3) is 0 Å². The Bertz CT molecular complexity index is 535. The lowest BCUT2D eigenvalue weighted by atomic mass is 9.85. The van der Waals surface area contributed by atoms with Crippen LogP contribution in [-0.2, 0) is 5.41 Å². The second-order valence-electron chi connectivity index (χ2n) is 6.68. The van der Waals surface area contributed by atoms with Crippen molar-refractivity contribution in [3.63, 3.8) is 0 Å². The first kappa shape index (κ1) is 15.1. The molecule has 2 heteroatoms. The van der Waals surface area contributed by atoms with Gasteiger partial charge in [0.05, 0.1) is 6.04 Å². The molecule has 1 heterocycles. The van der Waals surface area contributed by atoms with E-state index in [0.29, 0.717) is 12.0 Å². The lowest BCUT2D eigenvalue weighted by Crippen LogP contribution is -2.20. The van der Waals surface area contributed by atoms with Crippen molar-refractivity contribution in [2.45, 2.75) is 46.1 Å². The van der Waals surface area contributed by atoms with Crippen molar-refractivity contribution >= 4 is 17.0 Å². The Morgan fingerprint density at radius 2 is 1.70 bits per heavy atom.